The predicted molar refractivity (Wildman–Crippen MR) is 68.7 cm³/mol. The third kappa shape index (κ3) is 3.67. The van der Waals surface area contributed by atoms with E-state index >= 15 is 0 Å². The number of benzene rings is 1. The molecular formula is C13H15NO6. The Balaban J connectivity index is 2.21. The molecule has 0 N–H and O–H groups in total. The molecule has 1 aliphatic heterocycles. The monoisotopic (exact) mass is 281 g/mol. The van der Waals surface area contributed by atoms with Crippen LogP contribution in [0.1, 0.15) is 12.5 Å². The van der Waals surface area contributed by atoms with Crippen LogP contribution in [0.5, 0.6) is 5.75 Å². The van der Waals surface area contributed by atoms with Crippen molar-refractivity contribution in [3.05, 3.63) is 33.9 Å². The summed E-state index contributed by atoms with van der Waals surface area (Å²) in [5, 5.41) is 11.0. The third-order valence-electron chi connectivity index (χ3n) is 2.76. The number of epoxide rings is 1. The molecule has 0 aromatic heterocycles. The van der Waals surface area contributed by atoms with Gasteiger partial charge in [-0.3, -0.25) is 14.9 Å². The van der Waals surface area contributed by atoms with E-state index in [1.807, 2.05) is 0 Å². The fourth-order valence-electron chi connectivity index (χ4n) is 1.74. The lowest BCUT2D eigenvalue weighted by molar-refractivity contribution is -0.385. The highest BCUT2D eigenvalue weighted by Gasteiger charge is 2.26. The van der Waals surface area contributed by atoms with Gasteiger partial charge in [0.1, 0.15) is 18.5 Å². The summed E-state index contributed by atoms with van der Waals surface area (Å²) in [7, 11) is 0. The summed E-state index contributed by atoms with van der Waals surface area (Å²) in [4.78, 5) is 22.1. The molecule has 1 aromatic rings. The third-order valence-corrected chi connectivity index (χ3v) is 2.76. The molecule has 0 spiro atoms. The normalized spacial score (nSPS) is 16.6. The molecule has 1 aromatic carbocycles. The molecule has 2 rings (SSSR count). The van der Waals surface area contributed by atoms with Crippen LogP contribution < -0.4 is 4.74 Å². The topological polar surface area (TPSA) is 91.2 Å². The standard InChI is InChI=1S/C13H15NO6/c1-2-18-13(15)6-10-11(14(16)17)4-3-5-12(10)20-8-9-7-19-9/h3-5,9H,2,6-8H2,1H3. The van der Waals surface area contributed by atoms with Gasteiger partial charge in [0.05, 0.1) is 30.1 Å². The minimum absolute atomic E-state index is 0.0321. The van der Waals surface area contributed by atoms with Crippen LogP contribution in [0.2, 0.25) is 0 Å². The van der Waals surface area contributed by atoms with Gasteiger partial charge < -0.3 is 14.2 Å². The van der Waals surface area contributed by atoms with Gasteiger partial charge in [0.15, 0.2) is 0 Å². The van der Waals surface area contributed by atoms with Crippen molar-refractivity contribution in [2.24, 2.45) is 0 Å². The first kappa shape index (κ1) is 14.3. The van der Waals surface area contributed by atoms with Crippen molar-refractivity contribution in [2.45, 2.75) is 19.4 Å². The number of nitro benzene ring substituents is 1. The van der Waals surface area contributed by atoms with Gasteiger partial charge in [-0.25, -0.2) is 0 Å². The molecule has 20 heavy (non-hydrogen) atoms. The number of esters is 1. The molecule has 0 bridgehead atoms. The van der Waals surface area contributed by atoms with Gasteiger partial charge in [-0.15, -0.1) is 0 Å². The lowest BCUT2D eigenvalue weighted by Gasteiger charge is -2.10. The summed E-state index contributed by atoms with van der Waals surface area (Å²) < 4.78 is 15.3. The molecule has 1 heterocycles. The van der Waals surface area contributed by atoms with Crippen LogP contribution in [0.25, 0.3) is 0 Å². The van der Waals surface area contributed by atoms with E-state index in [1.165, 1.54) is 12.1 Å². The van der Waals surface area contributed by atoms with Gasteiger partial charge in [0.2, 0.25) is 0 Å². The second-order valence-corrected chi connectivity index (χ2v) is 4.26. The SMILES string of the molecule is CCOC(=O)Cc1c(OCC2CO2)cccc1[N+](=O)[O-]. The highest BCUT2D eigenvalue weighted by atomic mass is 16.6. The summed E-state index contributed by atoms with van der Waals surface area (Å²) in [6.07, 6.45) is -0.157. The van der Waals surface area contributed by atoms with Gasteiger partial charge >= 0.3 is 5.97 Å². The van der Waals surface area contributed by atoms with Crippen LogP contribution >= 0.6 is 0 Å². The van der Waals surface area contributed by atoms with E-state index in [4.69, 9.17) is 14.2 Å². The summed E-state index contributed by atoms with van der Waals surface area (Å²) in [5.41, 5.74) is 0.0869. The Labute approximate surface area is 115 Å². The molecule has 7 nitrogen and oxygen atoms in total. The van der Waals surface area contributed by atoms with E-state index in [-0.39, 0.29) is 30.4 Å². The number of hydrogen-bond donors (Lipinski definition) is 0. The molecule has 1 saturated heterocycles. The van der Waals surface area contributed by atoms with Gasteiger partial charge in [0.25, 0.3) is 5.69 Å². The Hall–Kier alpha value is -2.15. The van der Waals surface area contributed by atoms with Crippen LogP contribution in [0.15, 0.2) is 18.2 Å². The first-order valence-corrected chi connectivity index (χ1v) is 6.28. The van der Waals surface area contributed by atoms with Crippen molar-refractivity contribution in [3.8, 4) is 5.75 Å². The molecule has 0 saturated carbocycles. The van der Waals surface area contributed by atoms with Crippen molar-refractivity contribution in [3.63, 3.8) is 0 Å². The Bertz CT molecular complexity index is 512. The fourth-order valence-corrected chi connectivity index (χ4v) is 1.74. The maximum absolute atomic E-state index is 11.6. The lowest BCUT2D eigenvalue weighted by atomic mass is 10.1. The molecular weight excluding hydrogens is 266 g/mol. The van der Waals surface area contributed by atoms with Crippen LogP contribution in [0.3, 0.4) is 0 Å². The predicted octanol–water partition coefficient (Wildman–Crippen LogP) is 1.48. The average molecular weight is 281 g/mol. The van der Waals surface area contributed by atoms with E-state index in [0.29, 0.717) is 19.0 Å². The summed E-state index contributed by atoms with van der Waals surface area (Å²) in [5.74, 6) is -0.197. The summed E-state index contributed by atoms with van der Waals surface area (Å²) in [6, 6.07) is 4.47. The minimum Gasteiger partial charge on any atom is -0.490 e. The van der Waals surface area contributed by atoms with Crippen LogP contribution in [-0.2, 0) is 20.7 Å². The molecule has 0 radical (unpaired) electrons. The van der Waals surface area contributed by atoms with E-state index in [2.05, 4.69) is 0 Å². The van der Waals surface area contributed by atoms with Crippen molar-refractivity contribution < 1.29 is 23.9 Å². The summed E-state index contributed by atoms with van der Waals surface area (Å²) >= 11 is 0. The first-order valence-electron chi connectivity index (χ1n) is 6.28. The van der Waals surface area contributed by atoms with E-state index < -0.39 is 10.9 Å². The second-order valence-electron chi connectivity index (χ2n) is 4.26. The zero-order valence-electron chi connectivity index (χ0n) is 11.0. The zero-order chi connectivity index (χ0) is 14.5. The van der Waals surface area contributed by atoms with Crippen molar-refractivity contribution in [2.75, 3.05) is 19.8 Å². The minimum atomic E-state index is -0.533. The smallest absolute Gasteiger partial charge is 0.310 e. The van der Waals surface area contributed by atoms with E-state index in [0.717, 1.165) is 0 Å². The van der Waals surface area contributed by atoms with Crippen LogP contribution in [0.4, 0.5) is 5.69 Å². The average Bonchev–Trinajstić information content (AvgIpc) is 3.21. The molecule has 0 aliphatic carbocycles. The van der Waals surface area contributed by atoms with Crippen molar-refractivity contribution in [1.82, 2.24) is 0 Å². The molecule has 7 heteroatoms. The zero-order valence-corrected chi connectivity index (χ0v) is 11.0. The number of rotatable bonds is 7. The van der Waals surface area contributed by atoms with Crippen molar-refractivity contribution in [1.29, 1.82) is 0 Å². The van der Waals surface area contributed by atoms with Gasteiger partial charge in [-0.05, 0) is 13.0 Å². The quantitative estimate of drug-likeness (QED) is 0.325. The second kappa shape index (κ2) is 6.33. The first-order chi connectivity index (χ1) is 9.61. The molecule has 1 fully saturated rings. The van der Waals surface area contributed by atoms with Gasteiger partial charge in [0, 0.05) is 6.07 Å². The van der Waals surface area contributed by atoms with Crippen molar-refractivity contribution >= 4 is 11.7 Å². The number of carbonyl (C=O) groups is 1. The van der Waals surface area contributed by atoms with E-state index in [9.17, 15) is 14.9 Å². The maximum atomic E-state index is 11.6. The molecule has 0 amide bonds. The Morgan fingerprint density at radius 1 is 1.55 bits per heavy atom. The van der Waals surface area contributed by atoms with Crippen LogP contribution in [0, 0.1) is 10.1 Å². The number of nitrogens with zero attached hydrogens (tertiary/aromatic N) is 1. The van der Waals surface area contributed by atoms with E-state index in [1.54, 1.807) is 13.0 Å². The van der Waals surface area contributed by atoms with Gasteiger partial charge in [-0.2, -0.15) is 0 Å². The number of ether oxygens (including phenoxy) is 3. The largest absolute Gasteiger partial charge is 0.490 e. The Morgan fingerprint density at radius 3 is 2.90 bits per heavy atom. The Morgan fingerprint density at radius 2 is 2.30 bits per heavy atom. The number of hydrogen-bond acceptors (Lipinski definition) is 6. The fraction of sp³-hybridized carbons (Fsp3) is 0.462. The number of carbonyl (C=O) groups excluding carboxylic acids is 1. The molecule has 108 valence electrons. The van der Waals surface area contributed by atoms with Gasteiger partial charge in [-0.1, -0.05) is 6.07 Å². The molecule has 1 atom stereocenters. The highest BCUT2D eigenvalue weighted by Crippen LogP contribution is 2.29. The Kier molecular flexibility index (Phi) is 4.52. The maximum Gasteiger partial charge on any atom is 0.310 e. The summed E-state index contributed by atoms with van der Waals surface area (Å²) in [6.45, 7) is 2.85. The highest BCUT2D eigenvalue weighted by molar-refractivity contribution is 5.75. The van der Waals surface area contributed by atoms with Crippen LogP contribution in [-0.4, -0.2) is 36.8 Å². The number of nitro groups is 1. The molecule has 1 unspecified atom stereocenters. The lowest BCUT2D eigenvalue weighted by Crippen LogP contribution is -2.12. The molecule has 1 aliphatic rings.